The summed E-state index contributed by atoms with van der Waals surface area (Å²) in [6, 6.07) is 4.73. The van der Waals surface area contributed by atoms with Crippen LogP contribution >= 0.6 is 11.6 Å². The molecule has 7 nitrogen and oxygen atoms in total. The Morgan fingerprint density at radius 1 is 0.929 bits per heavy atom. The van der Waals surface area contributed by atoms with E-state index in [1.165, 1.54) is 12.3 Å². The lowest BCUT2D eigenvalue weighted by Crippen LogP contribution is -2.20. The summed E-state index contributed by atoms with van der Waals surface area (Å²) in [5.74, 6) is -2.15. The van der Waals surface area contributed by atoms with Gasteiger partial charge in [-0.15, -0.1) is 0 Å². The normalized spacial score (nSPS) is 10.0. The third kappa shape index (κ3) is 7.23. The Morgan fingerprint density at radius 3 is 2.00 bits per heavy atom. The molecule has 0 unspecified atom stereocenters. The number of carbonyl (C=O) groups is 3. The summed E-state index contributed by atoms with van der Waals surface area (Å²) >= 11 is 6.27. The van der Waals surface area contributed by atoms with Crippen LogP contribution in [0.15, 0.2) is 30.0 Å². The van der Waals surface area contributed by atoms with Gasteiger partial charge >= 0.3 is 17.9 Å². The van der Waals surface area contributed by atoms with Gasteiger partial charge in [-0.25, -0.2) is 14.4 Å². The molecule has 0 bridgehead atoms. The fourth-order valence-electron chi connectivity index (χ4n) is 1.97. The van der Waals surface area contributed by atoms with Crippen molar-refractivity contribution in [3.8, 4) is 0 Å². The van der Waals surface area contributed by atoms with Gasteiger partial charge < -0.3 is 19.5 Å². The third-order valence-corrected chi connectivity index (χ3v) is 3.75. The first kappa shape index (κ1) is 23.5. The van der Waals surface area contributed by atoms with Crippen molar-refractivity contribution in [3.63, 3.8) is 0 Å². The van der Waals surface area contributed by atoms with E-state index in [0.717, 1.165) is 0 Å². The summed E-state index contributed by atoms with van der Waals surface area (Å²) in [6.45, 7) is 6.20. The maximum atomic E-state index is 12.2. The van der Waals surface area contributed by atoms with E-state index in [4.69, 9.17) is 25.8 Å². The molecule has 0 radical (unpaired) electrons. The van der Waals surface area contributed by atoms with Crippen LogP contribution in [0.25, 0.3) is 0 Å². The van der Waals surface area contributed by atoms with Crippen molar-refractivity contribution in [3.05, 3.63) is 40.6 Å². The van der Waals surface area contributed by atoms with E-state index in [2.05, 4.69) is 5.32 Å². The van der Waals surface area contributed by atoms with Crippen LogP contribution in [-0.2, 0) is 23.8 Å². The Balaban J connectivity index is 3.05. The highest BCUT2D eigenvalue weighted by atomic mass is 35.5. The van der Waals surface area contributed by atoms with Gasteiger partial charge in [-0.2, -0.15) is 0 Å². The molecule has 0 aliphatic carbocycles. The number of nitrogens with one attached hydrogen (secondary N) is 1. The maximum absolute atomic E-state index is 12.2. The topological polar surface area (TPSA) is 90.9 Å². The Hall–Kier alpha value is -2.54. The van der Waals surface area contributed by atoms with Crippen LogP contribution in [0.3, 0.4) is 0 Å². The quantitative estimate of drug-likeness (QED) is 0.192. The minimum Gasteiger partial charge on any atom is -0.462 e. The Kier molecular flexibility index (Phi) is 10.7. The second-order valence-electron chi connectivity index (χ2n) is 5.78. The molecule has 8 heteroatoms. The van der Waals surface area contributed by atoms with E-state index in [9.17, 15) is 14.4 Å². The van der Waals surface area contributed by atoms with Gasteiger partial charge in [-0.3, -0.25) is 0 Å². The van der Waals surface area contributed by atoms with Crippen LogP contribution in [0.2, 0.25) is 5.02 Å². The van der Waals surface area contributed by atoms with Crippen molar-refractivity contribution < 1.29 is 28.6 Å². The van der Waals surface area contributed by atoms with E-state index in [1.807, 2.05) is 20.8 Å². The molecular formula is C20H26ClNO6. The Bertz CT molecular complexity index is 695. The van der Waals surface area contributed by atoms with Crippen molar-refractivity contribution in [2.75, 3.05) is 25.1 Å². The summed E-state index contributed by atoms with van der Waals surface area (Å²) < 4.78 is 15.1. The largest absolute Gasteiger partial charge is 0.462 e. The van der Waals surface area contributed by atoms with Crippen LogP contribution in [0.1, 0.15) is 50.4 Å². The molecule has 0 aliphatic heterocycles. The van der Waals surface area contributed by atoms with Crippen molar-refractivity contribution in [2.24, 2.45) is 0 Å². The van der Waals surface area contributed by atoms with Gasteiger partial charge in [-0.05, 0) is 31.4 Å². The molecule has 0 saturated heterocycles. The maximum Gasteiger partial charge on any atom is 0.347 e. The molecule has 0 aromatic heterocycles. The molecule has 0 atom stereocenters. The van der Waals surface area contributed by atoms with E-state index < -0.39 is 17.9 Å². The second kappa shape index (κ2) is 12.8. The Morgan fingerprint density at radius 2 is 1.46 bits per heavy atom. The molecule has 0 amide bonds. The van der Waals surface area contributed by atoms with E-state index in [0.29, 0.717) is 24.9 Å². The number of hydrogen-bond acceptors (Lipinski definition) is 7. The molecule has 0 aliphatic rings. The third-order valence-electron chi connectivity index (χ3n) is 3.34. The zero-order valence-corrected chi connectivity index (χ0v) is 17.1. The summed E-state index contributed by atoms with van der Waals surface area (Å²) in [5.41, 5.74) is 0.214. The van der Waals surface area contributed by atoms with E-state index in [-0.39, 0.29) is 36.0 Å². The summed E-state index contributed by atoms with van der Waals surface area (Å²) in [6.07, 6.45) is 3.08. The number of rotatable bonds is 11. The van der Waals surface area contributed by atoms with Gasteiger partial charge in [0.2, 0.25) is 0 Å². The van der Waals surface area contributed by atoms with Gasteiger partial charge in [0, 0.05) is 6.20 Å². The summed E-state index contributed by atoms with van der Waals surface area (Å²) in [7, 11) is 0. The lowest BCUT2D eigenvalue weighted by Gasteiger charge is -2.11. The highest BCUT2D eigenvalue weighted by molar-refractivity contribution is 6.36. The van der Waals surface area contributed by atoms with Crippen LogP contribution in [0.4, 0.5) is 5.69 Å². The molecule has 1 rings (SSSR count). The van der Waals surface area contributed by atoms with Crippen LogP contribution in [-0.4, -0.2) is 37.7 Å². The molecule has 28 heavy (non-hydrogen) atoms. The van der Waals surface area contributed by atoms with Crippen molar-refractivity contribution in [1.29, 1.82) is 0 Å². The van der Waals surface area contributed by atoms with Gasteiger partial charge in [0.25, 0.3) is 0 Å². The zero-order chi connectivity index (χ0) is 20.9. The molecule has 1 aromatic rings. The van der Waals surface area contributed by atoms with Crippen molar-refractivity contribution >= 4 is 35.2 Å². The number of ether oxygens (including phenoxy) is 3. The van der Waals surface area contributed by atoms with Crippen LogP contribution in [0.5, 0.6) is 0 Å². The Labute approximate surface area is 170 Å². The first-order valence-corrected chi connectivity index (χ1v) is 9.60. The average Bonchev–Trinajstić information content (AvgIpc) is 2.69. The smallest absolute Gasteiger partial charge is 0.347 e. The fraction of sp³-hybridized carbons (Fsp3) is 0.450. The van der Waals surface area contributed by atoms with Crippen LogP contribution < -0.4 is 5.32 Å². The molecule has 154 valence electrons. The number of carbonyl (C=O) groups excluding carboxylic acids is 3. The van der Waals surface area contributed by atoms with Gasteiger partial charge in [0.1, 0.15) is 0 Å². The predicted octanol–water partition coefficient (Wildman–Crippen LogP) is 4.11. The first-order chi connectivity index (χ1) is 13.5. The lowest BCUT2D eigenvalue weighted by atomic mass is 10.2. The zero-order valence-electron chi connectivity index (χ0n) is 16.4. The second-order valence-corrected chi connectivity index (χ2v) is 6.16. The summed E-state index contributed by atoms with van der Waals surface area (Å²) in [5, 5.41) is 2.89. The van der Waals surface area contributed by atoms with Crippen molar-refractivity contribution in [1.82, 2.24) is 0 Å². The van der Waals surface area contributed by atoms with Crippen molar-refractivity contribution in [2.45, 2.75) is 40.0 Å². The first-order valence-electron chi connectivity index (χ1n) is 9.22. The van der Waals surface area contributed by atoms with E-state index in [1.54, 1.807) is 12.1 Å². The number of benzene rings is 1. The predicted molar refractivity (Wildman–Crippen MR) is 106 cm³/mol. The molecule has 0 heterocycles. The standard InChI is InChI=1S/C20H26ClNO6/c1-4-10-26-18(23)14-8-7-9-16(17(14)21)22-13-15(19(24)27-11-5-2)20(25)28-12-6-3/h7-9,13,22H,4-6,10-12H2,1-3H3. The van der Waals surface area contributed by atoms with Gasteiger partial charge in [0.05, 0.1) is 36.1 Å². The highest BCUT2D eigenvalue weighted by Crippen LogP contribution is 2.27. The van der Waals surface area contributed by atoms with Crippen LogP contribution in [0, 0.1) is 0 Å². The monoisotopic (exact) mass is 411 g/mol. The number of esters is 3. The van der Waals surface area contributed by atoms with E-state index >= 15 is 0 Å². The molecular weight excluding hydrogens is 386 g/mol. The fourth-order valence-corrected chi connectivity index (χ4v) is 2.23. The molecule has 0 spiro atoms. The summed E-state index contributed by atoms with van der Waals surface area (Å²) in [4.78, 5) is 36.4. The molecule has 1 N–H and O–H groups in total. The van der Waals surface area contributed by atoms with Gasteiger partial charge in [0.15, 0.2) is 5.57 Å². The minimum absolute atomic E-state index is 0.114. The number of hydrogen-bond donors (Lipinski definition) is 1. The number of halogens is 1. The average molecular weight is 412 g/mol. The molecule has 1 aromatic carbocycles. The number of anilines is 1. The molecule has 0 fully saturated rings. The molecule has 0 saturated carbocycles. The lowest BCUT2D eigenvalue weighted by molar-refractivity contribution is -0.147. The highest BCUT2D eigenvalue weighted by Gasteiger charge is 2.22. The van der Waals surface area contributed by atoms with Gasteiger partial charge in [-0.1, -0.05) is 38.4 Å². The SMILES string of the molecule is CCCOC(=O)C(=CNc1cccc(C(=O)OCCC)c1Cl)C(=O)OCCC. The minimum atomic E-state index is -0.801.